The highest BCUT2D eigenvalue weighted by Gasteiger charge is 2.26. The van der Waals surface area contributed by atoms with Crippen LogP contribution in [0.4, 0.5) is 10.2 Å². The number of hydrogen-bond donors (Lipinski definition) is 1. The molecule has 1 aliphatic heterocycles. The number of halogens is 3. The van der Waals surface area contributed by atoms with Crippen LogP contribution in [0.5, 0.6) is 0 Å². The lowest BCUT2D eigenvalue weighted by Crippen LogP contribution is -2.37. The first-order chi connectivity index (χ1) is 15.5. The number of benzene rings is 1. The predicted molar refractivity (Wildman–Crippen MR) is 122 cm³/mol. The molecule has 1 atom stereocenters. The number of imidazole rings is 1. The SMILES string of the molecule is Fc1ccccc1.O=C(N[C@H]1CCN(c2ccc3nccn3n2)C1)c1cc(Cl)c(Cl)cn1. The number of aromatic nitrogens is 4. The van der Waals surface area contributed by atoms with E-state index in [2.05, 4.69) is 25.3 Å². The molecule has 5 rings (SSSR count). The minimum atomic E-state index is -0.261. The number of hydrogen-bond acceptors (Lipinski definition) is 5. The van der Waals surface area contributed by atoms with Gasteiger partial charge in [-0.2, -0.15) is 0 Å². The number of fused-ring (bicyclic) bond motifs is 1. The highest BCUT2D eigenvalue weighted by molar-refractivity contribution is 6.42. The summed E-state index contributed by atoms with van der Waals surface area (Å²) in [5.41, 5.74) is 1.06. The van der Waals surface area contributed by atoms with Crippen LogP contribution in [-0.2, 0) is 0 Å². The number of carbonyl (C=O) groups excluding carboxylic acids is 1. The molecule has 1 amide bonds. The number of carbonyl (C=O) groups is 1. The van der Waals surface area contributed by atoms with E-state index in [1.54, 1.807) is 28.9 Å². The number of amides is 1. The topological polar surface area (TPSA) is 75.4 Å². The number of nitrogens with one attached hydrogen (secondary N) is 1. The Kier molecular flexibility index (Phi) is 6.82. The Bertz CT molecular complexity index is 1220. The van der Waals surface area contributed by atoms with Crippen LogP contribution < -0.4 is 10.2 Å². The van der Waals surface area contributed by atoms with Crippen molar-refractivity contribution in [2.24, 2.45) is 0 Å². The lowest BCUT2D eigenvalue weighted by Gasteiger charge is -2.17. The molecule has 0 unspecified atom stereocenters. The Morgan fingerprint density at radius 2 is 1.91 bits per heavy atom. The van der Waals surface area contributed by atoms with Crippen molar-refractivity contribution in [2.75, 3.05) is 18.0 Å². The average molecular weight is 473 g/mol. The van der Waals surface area contributed by atoms with Crippen LogP contribution in [0.3, 0.4) is 0 Å². The second-order valence-electron chi connectivity index (χ2n) is 7.11. The summed E-state index contributed by atoms with van der Waals surface area (Å²) in [7, 11) is 0. The Labute approximate surface area is 193 Å². The van der Waals surface area contributed by atoms with Crippen LogP contribution in [0.25, 0.3) is 5.65 Å². The monoisotopic (exact) mass is 472 g/mol. The minimum Gasteiger partial charge on any atom is -0.353 e. The summed E-state index contributed by atoms with van der Waals surface area (Å²) in [6.07, 6.45) is 5.73. The molecule has 4 heterocycles. The number of pyridine rings is 1. The third kappa shape index (κ3) is 5.33. The second kappa shape index (κ2) is 9.93. The van der Waals surface area contributed by atoms with E-state index < -0.39 is 0 Å². The van der Waals surface area contributed by atoms with E-state index in [0.29, 0.717) is 16.6 Å². The molecule has 4 aromatic rings. The quantitative estimate of drug-likeness (QED) is 0.481. The first-order valence-electron chi connectivity index (χ1n) is 9.87. The lowest BCUT2D eigenvalue weighted by atomic mass is 10.2. The molecule has 0 radical (unpaired) electrons. The third-order valence-corrected chi connectivity index (χ3v) is 5.57. The van der Waals surface area contributed by atoms with E-state index >= 15 is 0 Å². The molecule has 1 N–H and O–H groups in total. The van der Waals surface area contributed by atoms with Crippen molar-refractivity contribution in [2.45, 2.75) is 12.5 Å². The summed E-state index contributed by atoms with van der Waals surface area (Å²) in [6.45, 7) is 1.49. The maximum Gasteiger partial charge on any atom is 0.270 e. The largest absolute Gasteiger partial charge is 0.353 e. The molecule has 164 valence electrons. The summed E-state index contributed by atoms with van der Waals surface area (Å²) in [5.74, 6) is 0.417. The molecule has 0 spiro atoms. The molecule has 0 saturated carbocycles. The van der Waals surface area contributed by atoms with Gasteiger partial charge in [-0.25, -0.2) is 18.9 Å². The van der Waals surface area contributed by atoms with E-state index in [0.717, 1.165) is 24.4 Å². The van der Waals surface area contributed by atoms with Crippen LogP contribution in [0, 0.1) is 5.82 Å². The van der Waals surface area contributed by atoms with Crippen LogP contribution >= 0.6 is 23.2 Å². The minimum absolute atomic E-state index is 0.0176. The molecular weight excluding hydrogens is 454 g/mol. The van der Waals surface area contributed by atoms with Crippen molar-refractivity contribution in [3.05, 3.63) is 88.7 Å². The van der Waals surface area contributed by atoms with Crippen molar-refractivity contribution in [3.8, 4) is 0 Å². The molecular formula is C22H19Cl2FN6O. The molecule has 1 aliphatic rings. The molecule has 3 aromatic heterocycles. The normalized spacial score (nSPS) is 15.3. The Hall–Kier alpha value is -3.23. The fourth-order valence-corrected chi connectivity index (χ4v) is 3.53. The molecule has 1 saturated heterocycles. The van der Waals surface area contributed by atoms with E-state index in [9.17, 15) is 9.18 Å². The Morgan fingerprint density at radius 3 is 2.62 bits per heavy atom. The fraction of sp³-hybridized carbons (Fsp3) is 0.182. The number of anilines is 1. The zero-order chi connectivity index (χ0) is 22.5. The van der Waals surface area contributed by atoms with Gasteiger partial charge in [-0.1, -0.05) is 41.4 Å². The first kappa shape index (κ1) is 22.0. The van der Waals surface area contributed by atoms with E-state index in [-0.39, 0.29) is 23.5 Å². The second-order valence-corrected chi connectivity index (χ2v) is 7.92. The van der Waals surface area contributed by atoms with Crippen LogP contribution in [-0.4, -0.2) is 44.6 Å². The maximum absolute atomic E-state index is 12.3. The first-order valence-corrected chi connectivity index (χ1v) is 10.6. The summed E-state index contributed by atoms with van der Waals surface area (Å²) in [6, 6.07) is 13.3. The smallest absolute Gasteiger partial charge is 0.270 e. The zero-order valence-electron chi connectivity index (χ0n) is 16.8. The van der Waals surface area contributed by atoms with Gasteiger partial charge in [0.2, 0.25) is 0 Å². The van der Waals surface area contributed by atoms with Gasteiger partial charge in [-0.05, 0) is 36.8 Å². The Morgan fingerprint density at radius 1 is 1.09 bits per heavy atom. The highest BCUT2D eigenvalue weighted by Crippen LogP contribution is 2.22. The van der Waals surface area contributed by atoms with E-state index in [4.69, 9.17) is 23.2 Å². The van der Waals surface area contributed by atoms with Gasteiger partial charge in [-0.3, -0.25) is 4.79 Å². The Balaban J connectivity index is 0.000000300. The van der Waals surface area contributed by atoms with Gasteiger partial charge < -0.3 is 10.2 Å². The summed E-state index contributed by atoms with van der Waals surface area (Å²) < 4.78 is 13.6. The van der Waals surface area contributed by atoms with Gasteiger partial charge in [0.15, 0.2) is 5.65 Å². The highest BCUT2D eigenvalue weighted by atomic mass is 35.5. The third-order valence-electron chi connectivity index (χ3n) is 4.86. The van der Waals surface area contributed by atoms with Gasteiger partial charge in [-0.15, -0.1) is 5.10 Å². The molecule has 0 bridgehead atoms. The zero-order valence-corrected chi connectivity index (χ0v) is 18.3. The summed E-state index contributed by atoms with van der Waals surface area (Å²) in [5, 5.41) is 8.15. The van der Waals surface area contributed by atoms with Gasteiger partial charge in [0, 0.05) is 37.7 Å². The van der Waals surface area contributed by atoms with E-state index in [1.165, 1.54) is 24.4 Å². The predicted octanol–water partition coefficient (Wildman–Crippen LogP) is 4.27. The van der Waals surface area contributed by atoms with Crippen molar-refractivity contribution in [1.29, 1.82) is 0 Å². The van der Waals surface area contributed by atoms with Gasteiger partial charge >= 0.3 is 0 Å². The summed E-state index contributed by atoms with van der Waals surface area (Å²) in [4.78, 5) is 22.7. The molecule has 1 aromatic carbocycles. The fourth-order valence-electron chi connectivity index (χ4n) is 3.27. The van der Waals surface area contributed by atoms with Gasteiger partial charge in [0.1, 0.15) is 17.3 Å². The summed E-state index contributed by atoms with van der Waals surface area (Å²) >= 11 is 11.8. The molecule has 10 heteroatoms. The maximum atomic E-state index is 12.3. The van der Waals surface area contributed by atoms with Gasteiger partial charge in [0.25, 0.3) is 5.91 Å². The standard InChI is InChI=1S/C16H14Cl2N6O.C6H5F/c17-11-7-13(20-8-12(11)18)16(25)21-10-3-5-23(9-10)15-2-1-14-19-4-6-24(14)22-15;7-6-4-2-1-3-5-6/h1-2,4,6-8,10H,3,5,9H2,(H,21,25);1-5H/t10-;/m0./s1. The number of rotatable bonds is 3. The van der Waals surface area contributed by atoms with Crippen LogP contribution in [0.2, 0.25) is 10.0 Å². The molecule has 7 nitrogen and oxygen atoms in total. The van der Waals surface area contributed by atoms with Crippen molar-refractivity contribution < 1.29 is 9.18 Å². The average Bonchev–Trinajstić information content (AvgIpc) is 3.45. The van der Waals surface area contributed by atoms with Crippen molar-refractivity contribution in [1.82, 2.24) is 24.9 Å². The van der Waals surface area contributed by atoms with E-state index in [1.807, 2.05) is 18.3 Å². The molecule has 0 aliphatic carbocycles. The lowest BCUT2D eigenvalue weighted by molar-refractivity contribution is 0.0935. The molecule has 1 fully saturated rings. The van der Waals surface area contributed by atoms with Crippen molar-refractivity contribution >= 4 is 40.6 Å². The van der Waals surface area contributed by atoms with Crippen molar-refractivity contribution in [3.63, 3.8) is 0 Å². The van der Waals surface area contributed by atoms with Crippen LogP contribution in [0.1, 0.15) is 16.9 Å². The van der Waals surface area contributed by atoms with Gasteiger partial charge in [0.05, 0.1) is 10.0 Å². The number of nitrogens with zero attached hydrogens (tertiary/aromatic N) is 5. The van der Waals surface area contributed by atoms with Crippen LogP contribution in [0.15, 0.2) is 67.1 Å². The molecule has 32 heavy (non-hydrogen) atoms.